The molecule has 0 aliphatic rings. The number of rotatable bonds is 3. The molecular formula is C19H15N. The van der Waals surface area contributed by atoms with Gasteiger partial charge in [0.15, 0.2) is 0 Å². The molecule has 0 N–H and O–H groups in total. The minimum Gasteiger partial charge on any atom is -0.263 e. The van der Waals surface area contributed by atoms with E-state index in [0.717, 1.165) is 22.1 Å². The van der Waals surface area contributed by atoms with Gasteiger partial charge in [0.1, 0.15) is 0 Å². The fraction of sp³-hybridized carbons (Fsp3) is 0. The first-order chi connectivity index (χ1) is 9.88. The summed E-state index contributed by atoms with van der Waals surface area (Å²) in [6.45, 7) is 3.92. The lowest BCUT2D eigenvalue weighted by Gasteiger charge is -2.05. The molecule has 96 valence electrons. The van der Waals surface area contributed by atoms with Crippen LogP contribution in [0.3, 0.4) is 0 Å². The zero-order valence-electron chi connectivity index (χ0n) is 11.2. The van der Waals surface area contributed by atoms with Crippen molar-refractivity contribution in [2.45, 2.75) is 0 Å². The number of benzene rings is 2. The van der Waals surface area contributed by atoms with Crippen LogP contribution >= 0.6 is 0 Å². The Kier molecular flexibility index (Phi) is 3.42. The molecule has 1 heteroatoms. The molecule has 3 rings (SSSR count). The van der Waals surface area contributed by atoms with Crippen molar-refractivity contribution in [3.63, 3.8) is 0 Å². The van der Waals surface area contributed by atoms with E-state index in [9.17, 15) is 0 Å². The lowest BCUT2D eigenvalue weighted by Crippen LogP contribution is -1.84. The SMILES string of the molecule is C=CC(=Cc1cncc2ccccc12)c1ccccc1. The predicted molar refractivity (Wildman–Crippen MR) is 86.3 cm³/mol. The Bertz CT molecular complexity index is 765. The van der Waals surface area contributed by atoms with E-state index in [1.165, 1.54) is 5.39 Å². The highest BCUT2D eigenvalue weighted by Gasteiger charge is 2.01. The van der Waals surface area contributed by atoms with Crippen LogP contribution in [0.2, 0.25) is 0 Å². The van der Waals surface area contributed by atoms with Gasteiger partial charge in [0.25, 0.3) is 0 Å². The van der Waals surface area contributed by atoms with Crippen molar-refractivity contribution in [1.29, 1.82) is 0 Å². The van der Waals surface area contributed by atoms with Crippen LogP contribution in [0.4, 0.5) is 0 Å². The van der Waals surface area contributed by atoms with Gasteiger partial charge < -0.3 is 0 Å². The molecular weight excluding hydrogens is 242 g/mol. The maximum atomic E-state index is 4.31. The first kappa shape index (κ1) is 12.4. The van der Waals surface area contributed by atoms with Gasteiger partial charge in [-0.25, -0.2) is 0 Å². The number of hydrogen-bond acceptors (Lipinski definition) is 1. The summed E-state index contributed by atoms with van der Waals surface area (Å²) < 4.78 is 0. The van der Waals surface area contributed by atoms with Crippen molar-refractivity contribution < 1.29 is 0 Å². The Morgan fingerprint density at radius 1 is 0.900 bits per heavy atom. The zero-order valence-corrected chi connectivity index (χ0v) is 11.2. The third kappa shape index (κ3) is 2.39. The first-order valence-corrected chi connectivity index (χ1v) is 6.61. The highest BCUT2D eigenvalue weighted by atomic mass is 14.6. The third-order valence-corrected chi connectivity index (χ3v) is 3.34. The van der Waals surface area contributed by atoms with Gasteiger partial charge in [0.2, 0.25) is 0 Å². The number of nitrogens with zero attached hydrogens (tertiary/aromatic N) is 1. The molecule has 20 heavy (non-hydrogen) atoms. The van der Waals surface area contributed by atoms with E-state index in [1.807, 2.05) is 42.7 Å². The maximum Gasteiger partial charge on any atom is 0.0347 e. The molecule has 0 radical (unpaired) electrons. The summed E-state index contributed by atoms with van der Waals surface area (Å²) in [6.07, 6.45) is 7.81. The van der Waals surface area contributed by atoms with Crippen LogP contribution in [0.25, 0.3) is 22.4 Å². The van der Waals surface area contributed by atoms with Crippen molar-refractivity contribution in [3.05, 3.63) is 90.8 Å². The first-order valence-electron chi connectivity index (χ1n) is 6.61. The molecule has 0 saturated heterocycles. The molecule has 1 aromatic heterocycles. The molecule has 0 fully saturated rings. The van der Waals surface area contributed by atoms with Crippen molar-refractivity contribution in [2.24, 2.45) is 0 Å². The van der Waals surface area contributed by atoms with Crippen LogP contribution < -0.4 is 0 Å². The normalized spacial score (nSPS) is 11.5. The van der Waals surface area contributed by atoms with Crippen LogP contribution in [-0.2, 0) is 0 Å². The highest BCUT2D eigenvalue weighted by molar-refractivity contribution is 5.96. The van der Waals surface area contributed by atoms with Crippen LogP contribution in [0.15, 0.2) is 79.6 Å². The molecule has 3 aromatic rings. The number of aromatic nitrogens is 1. The number of hydrogen-bond donors (Lipinski definition) is 0. The van der Waals surface area contributed by atoms with Gasteiger partial charge in [-0.1, -0.05) is 67.3 Å². The lowest BCUT2D eigenvalue weighted by molar-refractivity contribution is 1.35. The standard InChI is InChI=1S/C19H15N/c1-2-15(16-8-4-3-5-9-16)12-18-14-20-13-17-10-6-7-11-19(17)18/h2-14H,1H2. The summed E-state index contributed by atoms with van der Waals surface area (Å²) in [5.74, 6) is 0. The van der Waals surface area contributed by atoms with E-state index in [2.05, 4.69) is 48.0 Å². The lowest BCUT2D eigenvalue weighted by atomic mass is 10.0. The van der Waals surface area contributed by atoms with Gasteiger partial charge in [-0.05, 0) is 22.6 Å². The van der Waals surface area contributed by atoms with Crippen molar-refractivity contribution in [2.75, 3.05) is 0 Å². The van der Waals surface area contributed by atoms with Gasteiger partial charge in [-0.3, -0.25) is 4.98 Å². The van der Waals surface area contributed by atoms with Gasteiger partial charge >= 0.3 is 0 Å². The van der Waals surface area contributed by atoms with E-state index in [4.69, 9.17) is 0 Å². The third-order valence-electron chi connectivity index (χ3n) is 3.34. The molecule has 0 aliphatic carbocycles. The predicted octanol–water partition coefficient (Wildman–Crippen LogP) is 4.96. The van der Waals surface area contributed by atoms with Crippen molar-refractivity contribution >= 4 is 22.4 Å². The van der Waals surface area contributed by atoms with E-state index in [1.54, 1.807) is 0 Å². The Hall–Kier alpha value is -2.67. The molecule has 2 aromatic carbocycles. The fourth-order valence-electron chi connectivity index (χ4n) is 2.31. The second-order valence-electron chi connectivity index (χ2n) is 4.62. The molecule has 1 heterocycles. The summed E-state index contributed by atoms with van der Waals surface area (Å²) in [7, 11) is 0. The minimum atomic E-state index is 1.10. The molecule has 0 atom stereocenters. The highest BCUT2D eigenvalue weighted by Crippen LogP contribution is 2.23. The van der Waals surface area contributed by atoms with Crippen LogP contribution in [0.1, 0.15) is 11.1 Å². The number of fused-ring (bicyclic) bond motifs is 1. The molecule has 0 unspecified atom stereocenters. The summed E-state index contributed by atoms with van der Waals surface area (Å²) in [6, 6.07) is 18.5. The van der Waals surface area contributed by atoms with Crippen LogP contribution in [0.5, 0.6) is 0 Å². The van der Waals surface area contributed by atoms with E-state index in [0.29, 0.717) is 0 Å². The van der Waals surface area contributed by atoms with E-state index >= 15 is 0 Å². The molecule has 0 spiro atoms. The molecule has 1 nitrogen and oxygen atoms in total. The Morgan fingerprint density at radius 2 is 1.65 bits per heavy atom. The van der Waals surface area contributed by atoms with Gasteiger partial charge in [0.05, 0.1) is 0 Å². The molecule has 0 saturated carbocycles. The number of pyridine rings is 1. The average Bonchev–Trinajstić information content (AvgIpc) is 2.53. The van der Waals surface area contributed by atoms with Gasteiger partial charge in [-0.15, -0.1) is 0 Å². The molecule has 0 bridgehead atoms. The Morgan fingerprint density at radius 3 is 2.45 bits per heavy atom. The Balaban J connectivity index is 2.15. The quantitative estimate of drug-likeness (QED) is 0.604. The maximum absolute atomic E-state index is 4.31. The van der Waals surface area contributed by atoms with Crippen molar-refractivity contribution in [1.82, 2.24) is 4.98 Å². The monoisotopic (exact) mass is 257 g/mol. The van der Waals surface area contributed by atoms with Crippen LogP contribution in [-0.4, -0.2) is 4.98 Å². The van der Waals surface area contributed by atoms with Gasteiger partial charge in [0, 0.05) is 23.3 Å². The van der Waals surface area contributed by atoms with E-state index < -0.39 is 0 Å². The van der Waals surface area contributed by atoms with E-state index in [-0.39, 0.29) is 0 Å². The minimum absolute atomic E-state index is 1.10. The second-order valence-corrected chi connectivity index (χ2v) is 4.62. The fourth-order valence-corrected chi connectivity index (χ4v) is 2.31. The topological polar surface area (TPSA) is 12.9 Å². The van der Waals surface area contributed by atoms with Crippen molar-refractivity contribution in [3.8, 4) is 0 Å². The Labute approximate surface area is 118 Å². The summed E-state index contributed by atoms with van der Waals surface area (Å²) in [4.78, 5) is 4.31. The second kappa shape index (κ2) is 5.54. The summed E-state index contributed by atoms with van der Waals surface area (Å²) in [5, 5.41) is 2.36. The molecule has 0 aliphatic heterocycles. The molecule has 0 amide bonds. The largest absolute Gasteiger partial charge is 0.263 e. The average molecular weight is 257 g/mol. The number of allylic oxidation sites excluding steroid dienone is 2. The summed E-state index contributed by atoms with van der Waals surface area (Å²) >= 11 is 0. The zero-order chi connectivity index (χ0) is 13.8. The van der Waals surface area contributed by atoms with Gasteiger partial charge in [-0.2, -0.15) is 0 Å². The summed E-state index contributed by atoms with van der Waals surface area (Å²) in [5.41, 5.74) is 3.38. The smallest absolute Gasteiger partial charge is 0.0347 e. The van der Waals surface area contributed by atoms with Crippen LogP contribution in [0, 0.1) is 0 Å².